The van der Waals surface area contributed by atoms with Crippen molar-refractivity contribution >= 4 is 5.82 Å². The Hall–Kier alpha value is -1.03. The van der Waals surface area contributed by atoms with Crippen molar-refractivity contribution < 1.29 is 5.11 Å². The average Bonchev–Trinajstić information content (AvgIpc) is 2.61. The Bertz CT molecular complexity index is 305. The van der Waals surface area contributed by atoms with E-state index in [4.69, 9.17) is 5.11 Å². The molecule has 0 fully saturated rings. The average molecular weight is 225 g/mol. The summed E-state index contributed by atoms with van der Waals surface area (Å²) in [6, 6.07) is 2.03. The highest BCUT2D eigenvalue weighted by Crippen LogP contribution is 2.13. The molecule has 0 amide bonds. The Morgan fingerprint density at radius 1 is 1.44 bits per heavy atom. The molecular weight excluding hydrogens is 202 g/mol. The van der Waals surface area contributed by atoms with Crippen molar-refractivity contribution in [2.45, 2.75) is 40.2 Å². The molecule has 92 valence electrons. The molecule has 1 rings (SSSR count). The van der Waals surface area contributed by atoms with E-state index in [2.05, 4.69) is 24.3 Å². The molecule has 2 N–H and O–H groups in total. The summed E-state index contributed by atoms with van der Waals surface area (Å²) < 4.78 is 1.83. The molecule has 16 heavy (non-hydrogen) atoms. The topological polar surface area (TPSA) is 50.1 Å². The Morgan fingerprint density at radius 2 is 2.12 bits per heavy atom. The lowest BCUT2D eigenvalue weighted by Crippen LogP contribution is -2.16. The molecule has 0 aliphatic heterocycles. The van der Waals surface area contributed by atoms with Crippen molar-refractivity contribution in [2.75, 3.05) is 18.5 Å². The summed E-state index contributed by atoms with van der Waals surface area (Å²) in [5, 5.41) is 16.7. The van der Waals surface area contributed by atoms with Crippen LogP contribution in [0.25, 0.3) is 0 Å². The van der Waals surface area contributed by atoms with Gasteiger partial charge in [0.25, 0.3) is 0 Å². The van der Waals surface area contributed by atoms with Gasteiger partial charge in [0.15, 0.2) is 0 Å². The second kappa shape index (κ2) is 6.53. The second-order valence-electron chi connectivity index (χ2n) is 4.18. The van der Waals surface area contributed by atoms with Crippen LogP contribution in [0.15, 0.2) is 6.07 Å². The fraction of sp³-hybridized carbons (Fsp3) is 0.750. The van der Waals surface area contributed by atoms with Gasteiger partial charge in [-0.2, -0.15) is 5.10 Å². The van der Waals surface area contributed by atoms with E-state index in [0.717, 1.165) is 18.1 Å². The number of hydrogen-bond acceptors (Lipinski definition) is 3. The third-order valence-electron chi connectivity index (χ3n) is 2.94. The van der Waals surface area contributed by atoms with Crippen LogP contribution in [-0.4, -0.2) is 28.0 Å². The van der Waals surface area contributed by atoms with Gasteiger partial charge in [0, 0.05) is 12.6 Å². The van der Waals surface area contributed by atoms with Crippen LogP contribution in [0.5, 0.6) is 0 Å². The molecule has 0 aliphatic rings. The van der Waals surface area contributed by atoms with Gasteiger partial charge in [-0.1, -0.05) is 26.7 Å². The molecule has 4 nitrogen and oxygen atoms in total. The molecular formula is C12H23N3O. The van der Waals surface area contributed by atoms with Gasteiger partial charge >= 0.3 is 0 Å². The Kier molecular flexibility index (Phi) is 5.32. The van der Waals surface area contributed by atoms with Gasteiger partial charge in [0.2, 0.25) is 0 Å². The minimum atomic E-state index is 0.126. The molecule has 0 atom stereocenters. The van der Waals surface area contributed by atoms with Crippen LogP contribution < -0.4 is 5.32 Å². The summed E-state index contributed by atoms with van der Waals surface area (Å²) in [4.78, 5) is 0. The summed E-state index contributed by atoms with van der Waals surface area (Å²) in [6.07, 6.45) is 2.38. The highest BCUT2D eigenvalue weighted by molar-refractivity contribution is 5.36. The highest BCUT2D eigenvalue weighted by atomic mass is 16.3. The Morgan fingerprint density at radius 3 is 2.69 bits per heavy atom. The quantitative estimate of drug-likeness (QED) is 0.746. The molecule has 0 bridgehead atoms. The lowest BCUT2D eigenvalue weighted by atomic mass is 10.0. The van der Waals surface area contributed by atoms with E-state index in [9.17, 15) is 0 Å². The highest BCUT2D eigenvalue weighted by Gasteiger charge is 2.07. The van der Waals surface area contributed by atoms with Crippen molar-refractivity contribution in [3.05, 3.63) is 11.8 Å². The van der Waals surface area contributed by atoms with E-state index in [1.54, 1.807) is 0 Å². The van der Waals surface area contributed by atoms with Crippen LogP contribution in [0.4, 0.5) is 5.82 Å². The van der Waals surface area contributed by atoms with Crippen LogP contribution >= 0.6 is 0 Å². The zero-order chi connectivity index (χ0) is 12.0. The summed E-state index contributed by atoms with van der Waals surface area (Å²) in [6.45, 7) is 8.05. The first-order valence-electron chi connectivity index (χ1n) is 6.10. The van der Waals surface area contributed by atoms with Crippen molar-refractivity contribution in [2.24, 2.45) is 5.92 Å². The number of aliphatic hydroxyl groups excluding tert-OH is 1. The molecule has 1 aromatic rings. The number of hydrogen-bond donors (Lipinski definition) is 2. The van der Waals surface area contributed by atoms with Crippen molar-refractivity contribution in [3.8, 4) is 0 Å². The van der Waals surface area contributed by atoms with E-state index in [-0.39, 0.29) is 6.61 Å². The van der Waals surface area contributed by atoms with Gasteiger partial charge in [0.1, 0.15) is 5.82 Å². The first-order chi connectivity index (χ1) is 7.71. The smallest absolute Gasteiger partial charge is 0.124 e. The molecule has 0 aliphatic carbocycles. The van der Waals surface area contributed by atoms with Crippen LogP contribution in [0.2, 0.25) is 0 Å². The minimum Gasteiger partial charge on any atom is -0.394 e. The Labute approximate surface area is 97.7 Å². The molecule has 1 heterocycles. The van der Waals surface area contributed by atoms with Crippen LogP contribution in [-0.2, 0) is 6.54 Å². The minimum absolute atomic E-state index is 0.126. The molecule has 0 saturated carbocycles. The summed E-state index contributed by atoms with van der Waals surface area (Å²) >= 11 is 0. The van der Waals surface area contributed by atoms with E-state index in [1.165, 1.54) is 12.8 Å². The van der Waals surface area contributed by atoms with Gasteiger partial charge in [-0.25, -0.2) is 4.68 Å². The zero-order valence-electron chi connectivity index (χ0n) is 10.5. The van der Waals surface area contributed by atoms with Crippen LogP contribution in [0.1, 0.15) is 32.4 Å². The van der Waals surface area contributed by atoms with E-state index in [0.29, 0.717) is 12.5 Å². The first kappa shape index (κ1) is 13.0. The largest absolute Gasteiger partial charge is 0.394 e. The standard InChI is InChI=1S/C12H23N3O/c1-4-11(5-2)9-13-12-8-10(3)14-15(12)6-7-16/h8,11,13,16H,4-7,9H2,1-3H3. The zero-order valence-corrected chi connectivity index (χ0v) is 10.5. The van der Waals surface area contributed by atoms with E-state index in [1.807, 2.05) is 17.7 Å². The van der Waals surface area contributed by atoms with E-state index >= 15 is 0 Å². The van der Waals surface area contributed by atoms with Crippen molar-refractivity contribution in [1.82, 2.24) is 9.78 Å². The fourth-order valence-electron chi connectivity index (χ4n) is 1.78. The molecule has 0 radical (unpaired) electrons. The van der Waals surface area contributed by atoms with Crippen molar-refractivity contribution in [1.29, 1.82) is 0 Å². The van der Waals surface area contributed by atoms with Gasteiger partial charge < -0.3 is 10.4 Å². The van der Waals surface area contributed by atoms with Gasteiger partial charge in [-0.3, -0.25) is 0 Å². The molecule has 0 saturated heterocycles. The third kappa shape index (κ3) is 3.52. The third-order valence-corrected chi connectivity index (χ3v) is 2.94. The number of aryl methyl sites for hydroxylation is 1. The van der Waals surface area contributed by atoms with Crippen LogP contribution in [0, 0.1) is 12.8 Å². The first-order valence-corrected chi connectivity index (χ1v) is 6.10. The van der Waals surface area contributed by atoms with Gasteiger partial charge in [0.05, 0.1) is 18.8 Å². The van der Waals surface area contributed by atoms with Gasteiger partial charge in [-0.05, 0) is 12.8 Å². The molecule has 0 unspecified atom stereocenters. The van der Waals surface area contributed by atoms with E-state index < -0.39 is 0 Å². The maximum Gasteiger partial charge on any atom is 0.124 e. The maximum absolute atomic E-state index is 8.93. The predicted octanol–water partition coefficient (Wildman–Crippen LogP) is 2.03. The molecule has 0 spiro atoms. The maximum atomic E-state index is 8.93. The number of aromatic nitrogens is 2. The number of rotatable bonds is 7. The molecule has 0 aromatic carbocycles. The molecule has 4 heteroatoms. The number of nitrogens with zero attached hydrogens (tertiary/aromatic N) is 2. The SMILES string of the molecule is CCC(CC)CNc1cc(C)nn1CCO. The van der Waals surface area contributed by atoms with Gasteiger partial charge in [-0.15, -0.1) is 0 Å². The normalized spacial score (nSPS) is 11.1. The lowest BCUT2D eigenvalue weighted by molar-refractivity contribution is 0.270. The fourth-order valence-corrected chi connectivity index (χ4v) is 1.78. The number of aliphatic hydroxyl groups is 1. The lowest BCUT2D eigenvalue weighted by Gasteiger charge is -2.14. The summed E-state index contributed by atoms with van der Waals surface area (Å²) in [5.74, 6) is 1.72. The number of nitrogens with one attached hydrogen (secondary N) is 1. The monoisotopic (exact) mass is 225 g/mol. The second-order valence-corrected chi connectivity index (χ2v) is 4.18. The Balaban J connectivity index is 2.58. The predicted molar refractivity (Wildman–Crippen MR) is 66.6 cm³/mol. The summed E-state index contributed by atoms with van der Waals surface area (Å²) in [7, 11) is 0. The number of anilines is 1. The molecule has 1 aromatic heterocycles. The van der Waals surface area contributed by atoms with Crippen molar-refractivity contribution in [3.63, 3.8) is 0 Å². The summed E-state index contributed by atoms with van der Waals surface area (Å²) in [5.41, 5.74) is 0.987. The van der Waals surface area contributed by atoms with Crippen LogP contribution in [0.3, 0.4) is 0 Å².